The molecule has 1 aromatic carbocycles. The Morgan fingerprint density at radius 3 is 2.76 bits per heavy atom. The summed E-state index contributed by atoms with van der Waals surface area (Å²) in [7, 11) is 0. The van der Waals surface area contributed by atoms with E-state index in [-0.39, 0.29) is 11.8 Å². The van der Waals surface area contributed by atoms with Gasteiger partial charge in [-0.25, -0.2) is 0 Å². The number of hydrogen-bond acceptors (Lipinski definition) is 3. The van der Waals surface area contributed by atoms with Gasteiger partial charge in [0.1, 0.15) is 0 Å². The summed E-state index contributed by atoms with van der Waals surface area (Å²) in [5.74, 6) is 0.748. The van der Waals surface area contributed by atoms with Gasteiger partial charge in [-0.1, -0.05) is 36.4 Å². The Morgan fingerprint density at radius 2 is 2.00 bits per heavy atom. The predicted molar refractivity (Wildman–Crippen MR) is 83.4 cm³/mol. The molecule has 4 nitrogen and oxygen atoms in total. The number of H-pyrrole nitrogens is 1. The van der Waals surface area contributed by atoms with Crippen LogP contribution < -0.4 is 5.32 Å². The van der Waals surface area contributed by atoms with Crippen LogP contribution in [0.5, 0.6) is 0 Å². The highest BCUT2D eigenvalue weighted by Crippen LogP contribution is 2.42. The van der Waals surface area contributed by atoms with Gasteiger partial charge in [-0.05, 0) is 17.0 Å². The number of hydrogen-bond donors (Lipinski definition) is 2. The molecule has 0 fully saturated rings. The zero-order valence-corrected chi connectivity index (χ0v) is 12.0. The van der Waals surface area contributed by atoms with E-state index in [0.29, 0.717) is 12.2 Å². The van der Waals surface area contributed by atoms with Crippen molar-refractivity contribution in [2.45, 2.75) is 12.3 Å². The lowest BCUT2D eigenvalue weighted by Crippen LogP contribution is -2.22. The molecule has 0 aliphatic carbocycles. The van der Waals surface area contributed by atoms with E-state index >= 15 is 0 Å². The summed E-state index contributed by atoms with van der Waals surface area (Å²) in [6.07, 6.45) is 0.465. The molecular formula is C16H13N3OS. The minimum absolute atomic E-state index is 0.0204. The molecule has 2 aromatic heterocycles. The highest BCUT2D eigenvalue weighted by atomic mass is 32.1. The minimum atomic E-state index is 0.0204. The number of aromatic nitrogens is 2. The van der Waals surface area contributed by atoms with Gasteiger partial charge in [0, 0.05) is 22.8 Å². The number of amides is 1. The van der Waals surface area contributed by atoms with Crippen molar-refractivity contribution >= 4 is 23.1 Å². The minimum Gasteiger partial charge on any atom is -0.309 e. The standard InChI is InChI=1S/C16H13N3OS/c20-13-9-11(12-7-4-8-21-12)14-15(18-19-16(14)17-13)10-5-2-1-3-6-10/h1-8,11H,9H2,(H2,17,18,19,20). The summed E-state index contributed by atoms with van der Waals surface area (Å²) in [6, 6.07) is 14.2. The van der Waals surface area contributed by atoms with E-state index in [1.54, 1.807) is 11.3 Å². The lowest BCUT2D eigenvalue weighted by Gasteiger charge is -2.22. The summed E-state index contributed by atoms with van der Waals surface area (Å²) in [4.78, 5) is 13.1. The van der Waals surface area contributed by atoms with Crippen LogP contribution in [0.3, 0.4) is 0 Å². The van der Waals surface area contributed by atoms with E-state index in [1.807, 2.05) is 29.6 Å². The topological polar surface area (TPSA) is 57.8 Å². The molecule has 104 valence electrons. The van der Waals surface area contributed by atoms with Crippen LogP contribution in [-0.4, -0.2) is 16.1 Å². The van der Waals surface area contributed by atoms with Crippen molar-refractivity contribution in [1.29, 1.82) is 0 Å². The maximum Gasteiger partial charge on any atom is 0.226 e. The lowest BCUT2D eigenvalue weighted by molar-refractivity contribution is -0.116. The molecule has 0 bridgehead atoms. The van der Waals surface area contributed by atoms with Gasteiger partial charge < -0.3 is 5.32 Å². The van der Waals surface area contributed by atoms with Crippen molar-refractivity contribution < 1.29 is 4.79 Å². The SMILES string of the molecule is O=C1CC(c2cccs2)c2c(n[nH]c2-c2ccccc2)N1. The Balaban J connectivity index is 1.89. The van der Waals surface area contributed by atoms with Gasteiger partial charge in [-0.3, -0.25) is 9.89 Å². The number of benzene rings is 1. The summed E-state index contributed by atoms with van der Waals surface area (Å²) >= 11 is 1.68. The summed E-state index contributed by atoms with van der Waals surface area (Å²) in [5.41, 5.74) is 3.16. The Bertz CT molecular complexity index is 777. The van der Waals surface area contributed by atoms with Crippen LogP contribution in [0.2, 0.25) is 0 Å². The van der Waals surface area contributed by atoms with Crippen molar-refractivity contribution in [1.82, 2.24) is 10.2 Å². The summed E-state index contributed by atoms with van der Waals surface area (Å²) in [5, 5.41) is 12.3. The number of aromatic amines is 1. The normalized spacial score (nSPS) is 17.3. The van der Waals surface area contributed by atoms with Crippen LogP contribution in [0.15, 0.2) is 47.8 Å². The molecule has 1 atom stereocenters. The van der Waals surface area contributed by atoms with Crippen molar-refractivity contribution in [2.24, 2.45) is 0 Å². The van der Waals surface area contributed by atoms with Gasteiger partial charge in [0.15, 0.2) is 5.82 Å². The zero-order valence-electron chi connectivity index (χ0n) is 11.2. The zero-order chi connectivity index (χ0) is 14.2. The largest absolute Gasteiger partial charge is 0.309 e. The van der Waals surface area contributed by atoms with Crippen LogP contribution >= 0.6 is 11.3 Å². The first-order chi connectivity index (χ1) is 10.3. The second-order valence-corrected chi connectivity index (χ2v) is 6.03. The Labute approximate surface area is 125 Å². The predicted octanol–water partition coefficient (Wildman–Crippen LogP) is 3.61. The van der Waals surface area contributed by atoms with Gasteiger partial charge in [-0.15, -0.1) is 11.3 Å². The van der Waals surface area contributed by atoms with Gasteiger partial charge in [0.25, 0.3) is 0 Å². The summed E-state index contributed by atoms with van der Waals surface area (Å²) < 4.78 is 0. The second kappa shape index (κ2) is 4.86. The summed E-state index contributed by atoms with van der Waals surface area (Å²) in [6.45, 7) is 0. The van der Waals surface area contributed by atoms with Crippen LogP contribution in [0.1, 0.15) is 22.8 Å². The molecule has 3 aromatic rings. The fourth-order valence-corrected chi connectivity index (χ4v) is 3.65. The fraction of sp³-hybridized carbons (Fsp3) is 0.125. The smallest absolute Gasteiger partial charge is 0.226 e. The molecule has 4 rings (SSSR count). The number of rotatable bonds is 2. The maximum atomic E-state index is 11.9. The van der Waals surface area contributed by atoms with Crippen LogP contribution in [0, 0.1) is 0 Å². The molecule has 1 amide bonds. The molecule has 2 N–H and O–H groups in total. The van der Waals surface area contributed by atoms with Crippen LogP contribution in [-0.2, 0) is 4.79 Å². The third kappa shape index (κ3) is 2.06. The van der Waals surface area contributed by atoms with E-state index in [4.69, 9.17) is 0 Å². The van der Waals surface area contributed by atoms with E-state index in [2.05, 4.69) is 33.7 Å². The number of anilines is 1. The Kier molecular flexibility index (Phi) is 2.86. The van der Waals surface area contributed by atoms with Gasteiger partial charge in [0.05, 0.1) is 5.69 Å². The van der Waals surface area contributed by atoms with Crippen molar-refractivity contribution in [3.8, 4) is 11.3 Å². The lowest BCUT2D eigenvalue weighted by atomic mass is 9.89. The molecule has 0 radical (unpaired) electrons. The van der Waals surface area contributed by atoms with Gasteiger partial charge >= 0.3 is 0 Å². The monoisotopic (exact) mass is 295 g/mol. The molecule has 5 heteroatoms. The van der Waals surface area contributed by atoms with Crippen molar-refractivity contribution in [3.05, 3.63) is 58.3 Å². The third-order valence-electron chi connectivity index (χ3n) is 3.75. The first kappa shape index (κ1) is 12.3. The number of fused-ring (bicyclic) bond motifs is 1. The van der Waals surface area contributed by atoms with E-state index in [9.17, 15) is 4.79 Å². The fourth-order valence-electron chi connectivity index (χ4n) is 2.81. The maximum absolute atomic E-state index is 11.9. The molecule has 0 saturated heterocycles. The first-order valence-electron chi connectivity index (χ1n) is 6.80. The van der Waals surface area contributed by atoms with Crippen molar-refractivity contribution in [3.63, 3.8) is 0 Å². The highest BCUT2D eigenvalue weighted by molar-refractivity contribution is 7.10. The molecule has 1 unspecified atom stereocenters. The molecule has 0 spiro atoms. The molecule has 3 heterocycles. The van der Waals surface area contributed by atoms with Crippen molar-refractivity contribution in [2.75, 3.05) is 5.32 Å². The first-order valence-corrected chi connectivity index (χ1v) is 7.68. The second-order valence-electron chi connectivity index (χ2n) is 5.05. The Hall–Kier alpha value is -2.40. The average molecular weight is 295 g/mol. The quantitative estimate of drug-likeness (QED) is 0.758. The Morgan fingerprint density at radius 1 is 1.14 bits per heavy atom. The molecule has 1 aliphatic heterocycles. The number of thiophene rings is 1. The van der Waals surface area contributed by atoms with E-state index in [1.165, 1.54) is 4.88 Å². The highest BCUT2D eigenvalue weighted by Gasteiger charge is 2.32. The number of carbonyl (C=O) groups excluding carboxylic acids is 1. The number of nitrogens with one attached hydrogen (secondary N) is 2. The van der Waals surface area contributed by atoms with E-state index < -0.39 is 0 Å². The van der Waals surface area contributed by atoms with Crippen LogP contribution in [0.25, 0.3) is 11.3 Å². The average Bonchev–Trinajstić information content (AvgIpc) is 3.16. The van der Waals surface area contributed by atoms with Gasteiger partial charge in [-0.2, -0.15) is 5.10 Å². The third-order valence-corrected chi connectivity index (χ3v) is 4.73. The van der Waals surface area contributed by atoms with E-state index in [0.717, 1.165) is 16.8 Å². The van der Waals surface area contributed by atoms with Gasteiger partial charge in [0.2, 0.25) is 5.91 Å². The molecular weight excluding hydrogens is 282 g/mol. The molecule has 0 saturated carbocycles. The van der Waals surface area contributed by atoms with Crippen LogP contribution in [0.4, 0.5) is 5.82 Å². The number of carbonyl (C=O) groups is 1. The molecule has 21 heavy (non-hydrogen) atoms. The molecule has 1 aliphatic rings. The number of nitrogens with zero attached hydrogens (tertiary/aromatic N) is 1.